The van der Waals surface area contributed by atoms with E-state index in [2.05, 4.69) is 9.97 Å². The van der Waals surface area contributed by atoms with Crippen LogP contribution in [0.4, 0.5) is 0 Å². The first-order valence-corrected chi connectivity index (χ1v) is 7.66. The molecule has 0 saturated carbocycles. The fraction of sp³-hybridized carbons (Fsp3) is 0.385. The lowest BCUT2D eigenvalue weighted by molar-refractivity contribution is 0.679. The highest BCUT2D eigenvalue weighted by molar-refractivity contribution is 7.84. The van der Waals surface area contributed by atoms with Gasteiger partial charge in [0.2, 0.25) is 5.16 Å². The lowest BCUT2D eigenvalue weighted by atomic mass is 10.2. The molecule has 0 aliphatic heterocycles. The molecule has 6 nitrogen and oxygen atoms in total. The second-order valence-electron chi connectivity index (χ2n) is 3.75. The van der Waals surface area contributed by atoms with Crippen LogP contribution in [-0.2, 0) is 24.3 Å². The Morgan fingerprint density at radius 1 is 1.45 bits per heavy atom. The van der Waals surface area contributed by atoms with E-state index in [9.17, 15) is 9.00 Å². The van der Waals surface area contributed by atoms with Gasteiger partial charge in [-0.25, -0.2) is 9.97 Å². The van der Waals surface area contributed by atoms with Crippen molar-refractivity contribution in [2.24, 2.45) is 7.05 Å². The number of nitrogens with zero attached hydrogens (tertiary/aromatic N) is 4. The highest BCUT2D eigenvalue weighted by Gasteiger charge is 2.10. The average molecular weight is 292 g/mol. The Balaban J connectivity index is 0.000000956. The molecule has 7 heteroatoms. The molecule has 2 aromatic rings. The third-order valence-corrected chi connectivity index (χ3v) is 3.24. The average Bonchev–Trinajstić information content (AvgIpc) is 2.46. The maximum atomic E-state index is 11.9. The lowest BCUT2D eigenvalue weighted by Crippen LogP contribution is -2.22. The zero-order chi connectivity index (χ0) is 15.3. The van der Waals surface area contributed by atoms with Gasteiger partial charge in [0.05, 0.1) is 23.3 Å². The van der Waals surface area contributed by atoms with Crippen molar-refractivity contribution in [2.45, 2.75) is 25.4 Å². The van der Waals surface area contributed by atoms with Crippen molar-refractivity contribution in [2.75, 3.05) is 6.26 Å². The second-order valence-corrected chi connectivity index (χ2v) is 5.03. The zero-order valence-electron chi connectivity index (χ0n) is 11.9. The van der Waals surface area contributed by atoms with Crippen LogP contribution in [0.15, 0.2) is 22.2 Å². The third kappa shape index (κ3) is 3.08. The predicted octanol–water partition coefficient (Wildman–Crippen LogP) is 1.16. The minimum Gasteiger partial charge on any atom is -0.295 e. The van der Waals surface area contributed by atoms with Crippen LogP contribution < -0.4 is 5.56 Å². The van der Waals surface area contributed by atoms with Gasteiger partial charge in [-0.3, -0.25) is 13.6 Å². The van der Waals surface area contributed by atoms with E-state index in [0.29, 0.717) is 16.6 Å². The highest BCUT2D eigenvalue weighted by Crippen LogP contribution is 2.11. The highest BCUT2D eigenvalue weighted by atomic mass is 32.2. The third-order valence-electron chi connectivity index (χ3n) is 2.53. The number of hydrogen-bond acceptors (Lipinski definition) is 5. The van der Waals surface area contributed by atoms with Gasteiger partial charge in [0.25, 0.3) is 5.56 Å². The Bertz CT molecular complexity index is 746. The van der Waals surface area contributed by atoms with Crippen LogP contribution in [0, 0.1) is 11.3 Å². The summed E-state index contributed by atoms with van der Waals surface area (Å²) in [5.41, 5.74) is 0.555. The molecule has 2 heterocycles. The SMILES string of the molecule is CC.Cn1c(=O)c(CC#N)cc2cnc(S(C)=O)nc21. The summed E-state index contributed by atoms with van der Waals surface area (Å²) >= 11 is 0. The van der Waals surface area contributed by atoms with Crippen LogP contribution in [-0.4, -0.2) is 25.0 Å². The van der Waals surface area contributed by atoms with E-state index in [-0.39, 0.29) is 17.1 Å². The molecule has 0 aromatic carbocycles. The van der Waals surface area contributed by atoms with Crippen molar-refractivity contribution < 1.29 is 4.21 Å². The lowest BCUT2D eigenvalue weighted by Gasteiger charge is -2.06. The Morgan fingerprint density at radius 2 is 2.10 bits per heavy atom. The van der Waals surface area contributed by atoms with Gasteiger partial charge in [0.1, 0.15) is 5.65 Å². The molecule has 0 bridgehead atoms. The summed E-state index contributed by atoms with van der Waals surface area (Å²) in [4.78, 5) is 20.0. The quantitative estimate of drug-likeness (QED) is 0.775. The molecular weight excluding hydrogens is 276 g/mol. The van der Waals surface area contributed by atoms with E-state index in [4.69, 9.17) is 5.26 Å². The Hall–Kier alpha value is -2.07. The standard InChI is InChI=1S/C11H10N4O2S.C2H6/c1-15-9-8(5-7(3-4-12)10(15)16)6-13-11(14-9)18(2)17;1-2/h5-6H,3H2,1-2H3;1-2H3. The van der Waals surface area contributed by atoms with Crippen molar-refractivity contribution in [3.05, 3.63) is 28.2 Å². The Morgan fingerprint density at radius 3 is 2.65 bits per heavy atom. The van der Waals surface area contributed by atoms with Crippen LogP contribution in [0.2, 0.25) is 0 Å². The molecule has 20 heavy (non-hydrogen) atoms. The number of hydrogen-bond donors (Lipinski definition) is 0. The molecule has 0 amide bonds. The fourth-order valence-electron chi connectivity index (χ4n) is 1.65. The van der Waals surface area contributed by atoms with Crippen molar-refractivity contribution in [1.82, 2.24) is 14.5 Å². The van der Waals surface area contributed by atoms with Gasteiger partial charge < -0.3 is 0 Å². The van der Waals surface area contributed by atoms with E-state index in [1.54, 1.807) is 13.1 Å². The van der Waals surface area contributed by atoms with Crippen LogP contribution in [0.3, 0.4) is 0 Å². The van der Waals surface area contributed by atoms with Crippen molar-refractivity contribution in [3.63, 3.8) is 0 Å². The second kappa shape index (κ2) is 6.91. The van der Waals surface area contributed by atoms with Gasteiger partial charge in [0, 0.05) is 30.4 Å². The number of aryl methyl sites for hydroxylation is 1. The molecular formula is C13H16N4O2S. The molecule has 0 fully saturated rings. The summed E-state index contributed by atoms with van der Waals surface area (Å²) in [6, 6.07) is 3.54. The van der Waals surface area contributed by atoms with E-state index in [0.717, 1.165) is 0 Å². The summed E-state index contributed by atoms with van der Waals surface area (Å²) in [5, 5.41) is 9.49. The number of fused-ring (bicyclic) bond motifs is 1. The van der Waals surface area contributed by atoms with Gasteiger partial charge in [-0.05, 0) is 6.07 Å². The molecule has 0 saturated heterocycles. The van der Waals surface area contributed by atoms with Crippen LogP contribution in [0.5, 0.6) is 0 Å². The van der Waals surface area contributed by atoms with E-state index in [1.165, 1.54) is 17.0 Å². The summed E-state index contributed by atoms with van der Waals surface area (Å²) in [5.74, 6) is 0. The van der Waals surface area contributed by atoms with Crippen LogP contribution >= 0.6 is 0 Å². The van der Waals surface area contributed by atoms with Gasteiger partial charge in [-0.15, -0.1) is 0 Å². The zero-order valence-corrected chi connectivity index (χ0v) is 12.7. The molecule has 0 spiro atoms. The van der Waals surface area contributed by atoms with Crippen molar-refractivity contribution in [1.29, 1.82) is 5.26 Å². The maximum absolute atomic E-state index is 11.9. The molecule has 106 valence electrons. The van der Waals surface area contributed by atoms with Gasteiger partial charge in [-0.2, -0.15) is 5.26 Å². The molecule has 0 aliphatic carbocycles. The minimum atomic E-state index is -1.30. The first kappa shape index (κ1) is 16.0. The molecule has 0 radical (unpaired) electrons. The molecule has 1 unspecified atom stereocenters. The fourth-order valence-corrected chi connectivity index (χ4v) is 2.06. The predicted molar refractivity (Wildman–Crippen MR) is 77.8 cm³/mol. The van der Waals surface area contributed by atoms with Crippen LogP contribution in [0.25, 0.3) is 11.0 Å². The summed E-state index contributed by atoms with van der Waals surface area (Å²) in [6.07, 6.45) is 3.03. The summed E-state index contributed by atoms with van der Waals surface area (Å²) in [7, 11) is 0.272. The normalized spacial score (nSPS) is 11.3. The molecule has 2 aromatic heterocycles. The summed E-state index contributed by atoms with van der Waals surface area (Å²) in [6.45, 7) is 4.00. The van der Waals surface area contributed by atoms with E-state index < -0.39 is 10.8 Å². The summed E-state index contributed by atoms with van der Waals surface area (Å²) < 4.78 is 12.7. The largest absolute Gasteiger partial charge is 0.295 e. The minimum absolute atomic E-state index is 0.0457. The van der Waals surface area contributed by atoms with Gasteiger partial charge in [-0.1, -0.05) is 13.8 Å². The van der Waals surface area contributed by atoms with Gasteiger partial charge in [0.15, 0.2) is 0 Å². The number of aromatic nitrogens is 3. The Kier molecular flexibility index (Phi) is 5.53. The molecule has 0 N–H and O–H groups in total. The smallest absolute Gasteiger partial charge is 0.256 e. The topological polar surface area (TPSA) is 88.6 Å². The first-order valence-electron chi connectivity index (χ1n) is 6.10. The van der Waals surface area contributed by atoms with Crippen molar-refractivity contribution >= 4 is 21.8 Å². The van der Waals surface area contributed by atoms with Gasteiger partial charge >= 0.3 is 0 Å². The number of rotatable bonds is 2. The molecule has 1 atom stereocenters. The molecule has 0 aliphatic rings. The first-order chi connectivity index (χ1) is 9.54. The Labute approximate surface area is 119 Å². The van der Waals surface area contributed by atoms with E-state index in [1.807, 2.05) is 19.9 Å². The van der Waals surface area contributed by atoms with Crippen molar-refractivity contribution in [3.8, 4) is 6.07 Å². The maximum Gasteiger partial charge on any atom is 0.256 e. The van der Waals surface area contributed by atoms with Crippen LogP contribution in [0.1, 0.15) is 19.4 Å². The number of pyridine rings is 1. The molecule has 2 rings (SSSR count). The van der Waals surface area contributed by atoms with E-state index >= 15 is 0 Å². The number of nitriles is 1. The monoisotopic (exact) mass is 292 g/mol.